The van der Waals surface area contributed by atoms with Crippen molar-refractivity contribution in [1.82, 2.24) is 4.57 Å². The molecule has 0 radical (unpaired) electrons. The standard InChI is InChI=1S/C17H15ClN2O3/c1-11-10-14(23-15(21)4-3-9-19)20(2)16(11)17(22)12-5-7-13(18)8-6-12/h5-8,10H,3-4H2,1-2H3. The monoisotopic (exact) mass is 330 g/mol. The Kier molecular flexibility index (Phi) is 5.20. The van der Waals surface area contributed by atoms with E-state index in [1.54, 1.807) is 44.3 Å². The fourth-order valence-corrected chi connectivity index (χ4v) is 2.34. The van der Waals surface area contributed by atoms with Crippen LogP contribution < -0.4 is 4.74 Å². The van der Waals surface area contributed by atoms with Gasteiger partial charge in [-0.05, 0) is 36.8 Å². The summed E-state index contributed by atoms with van der Waals surface area (Å²) in [5, 5.41) is 9.04. The molecule has 118 valence electrons. The van der Waals surface area contributed by atoms with E-state index in [9.17, 15) is 9.59 Å². The predicted octanol–water partition coefficient (Wildman–Crippen LogP) is 3.43. The molecule has 0 spiro atoms. The second-order valence-electron chi connectivity index (χ2n) is 5.04. The molecule has 1 aromatic heterocycles. The number of aryl methyl sites for hydroxylation is 1. The molecular formula is C17H15ClN2O3. The fourth-order valence-electron chi connectivity index (χ4n) is 2.22. The first-order chi connectivity index (χ1) is 10.9. The van der Waals surface area contributed by atoms with E-state index in [0.29, 0.717) is 21.8 Å². The summed E-state index contributed by atoms with van der Waals surface area (Å²) in [6.45, 7) is 1.77. The molecule has 1 aromatic carbocycles. The number of ketones is 1. The topological polar surface area (TPSA) is 72.1 Å². The first-order valence-electron chi connectivity index (χ1n) is 6.98. The molecule has 0 saturated heterocycles. The summed E-state index contributed by atoms with van der Waals surface area (Å²) >= 11 is 5.83. The molecule has 0 aliphatic rings. The molecule has 0 fully saturated rings. The zero-order valence-corrected chi connectivity index (χ0v) is 13.6. The Morgan fingerprint density at radius 3 is 2.57 bits per heavy atom. The van der Waals surface area contributed by atoms with Crippen LogP contribution in [0.1, 0.15) is 34.5 Å². The molecule has 0 bridgehead atoms. The third kappa shape index (κ3) is 3.79. The van der Waals surface area contributed by atoms with Crippen LogP contribution in [-0.2, 0) is 11.8 Å². The van der Waals surface area contributed by atoms with Gasteiger partial charge in [0, 0.05) is 30.1 Å². The summed E-state index contributed by atoms with van der Waals surface area (Å²) in [4.78, 5) is 24.3. The Morgan fingerprint density at radius 2 is 1.96 bits per heavy atom. The van der Waals surface area contributed by atoms with Gasteiger partial charge in [-0.1, -0.05) is 11.6 Å². The summed E-state index contributed by atoms with van der Waals surface area (Å²) in [5.74, 6) is -0.401. The van der Waals surface area contributed by atoms with Crippen molar-refractivity contribution in [3.63, 3.8) is 0 Å². The molecule has 0 N–H and O–H groups in total. The van der Waals surface area contributed by atoms with Crippen molar-refractivity contribution in [3.05, 3.63) is 52.2 Å². The number of ether oxygens (including phenoxy) is 1. The van der Waals surface area contributed by atoms with Crippen LogP contribution in [0.5, 0.6) is 5.88 Å². The Hall–Kier alpha value is -2.58. The third-order valence-corrected chi connectivity index (χ3v) is 3.61. The summed E-state index contributed by atoms with van der Waals surface area (Å²) in [7, 11) is 1.66. The zero-order chi connectivity index (χ0) is 17.0. The number of nitrogens with zero attached hydrogens (tertiary/aromatic N) is 2. The predicted molar refractivity (Wildman–Crippen MR) is 85.5 cm³/mol. The van der Waals surface area contributed by atoms with E-state index in [-0.39, 0.29) is 24.5 Å². The second kappa shape index (κ2) is 7.12. The van der Waals surface area contributed by atoms with Crippen LogP contribution in [0.25, 0.3) is 0 Å². The van der Waals surface area contributed by atoms with Crippen LogP contribution in [-0.4, -0.2) is 16.3 Å². The molecule has 0 aliphatic carbocycles. The summed E-state index contributed by atoms with van der Waals surface area (Å²) in [5.41, 5.74) is 1.65. The van der Waals surface area contributed by atoms with Gasteiger partial charge in [-0.15, -0.1) is 0 Å². The van der Waals surface area contributed by atoms with Crippen molar-refractivity contribution >= 4 is 23.4 Å². The number of benzene rings is 1. The summed E-state index contributed by atoms with van der Waals surface area (Å²) in [6, 6.07) is 10.1. The van der Waals surface area contributed by atoms with Gasteiger partial charge < -0.3 is 9.30 Å². The van der Waals surface area contributed by atoms with E-state index in [4.69, 9.17) is 21.6 Å². The average Bonchev–Trinajstić information content (AvgIpc) is 2.79. The number of esters is 1. The Balaban J connectivity index is 2.27. The molecule has 0 aliphatic heterocycles. The quantitative estimate of drug-likeness (QED) is 0.622. The maximum atomic E-state index is 12.6. The molecule has 0 amide bonds. The number of halogens is 1. The molecule has 0 atom stereocenters. The van der Waals surface area contributed by atoms with Crippen LogP contribution in [0.2, 0.25) is 5.02 Å². The van der Waals surface area contributed by atoms with Crippen molar-refractivity contribution in [1.29, 1.82) is 5.26 Å². The summed E-state index contributed by atoms with van der Waals surface area (Å²) in [6.07, 6.45) is 0.111. The lowest BCUT2D eigenvalue weighted by molar-refractivity contribution is -0.134. The average molecular weight is 331 g/mol. The molecule has 6 heteroatoms. The minimum Gasteiger partial charge on any atom is -0.409 e. The minimum atomic E-state index is -0.502. The number of hydrogen-bond donors (Lipinski definition) is 0. The number of nitriles is 1. The number of carbonyl (C=O) groups excluding carboxylic acids is 2. The molecule has 0 unspecified atom stereocenters. The van der Waals surface area contributed by atoms with Gasteiger partial charge in [-0.3, -0.25) is 9.59 Å². The SMILES string of the molecule is Cc1cc(OC(=O)CCC#N)n(C)c1C(=O)c1ccc(Cl)cc1. The molecule has 1 heterocycles. The zero-order valence-electron chi connectivity index (χ0n) is 12.8. The van der Waals surface area contributed by atoms with E-state index in [2.05, 4.69) is 0 Å². The van der Waals surface area contributed by atoms with Crippen molar-refractivity contribution < 1.29 is 14.3 Å². The van der Waals surface area contributed by atoms with E-state index >= 15 is 0 Å². The van der Waals surface area contributed by atoms with E-state index in [0.717, 1.165) is 0 Å². The fraction of sp³-hybridized carbons (Fsp3) is 0.235. The van der Waals surface area contributed by atoms with Crippen LogP contribution in [0.15, 0.2) is 30.3 Å². The van der Waals surface area contributed by atoms with Crippen molar-refractivity contribution in [3.8, 4) is 11.9 Å². The number of hydrogen-bond acceptors (Lipinski definition) is 4. The van der Waals surface area contributed by atoms with Gasteiger partial charge in [-0.25, -0.2) is 0 Å². The van der Waals surface area contributed by atoms with E-state index in [1.165, 1.54) is 4.57 Å². The molecule has 5 nitrogen and oxygen atoms in total. The maximum absolute atomic E-state index is 12.6. The third-order valence-electron chi connectivity index (χ3n) is 3.36. The molecule has 2 aromatic rings. The molecule has 2 rings (SSSR count). The molecule has 23 heavy (non-hydrogen) atoms. The minimum absolute atomic E-state index is 0.0151. The number of rotatable bonds is 5. The maximum Gasteiger partial charge on any atom is 0.313 e. The highest BCUT2D eigenvalue weighted by Gasteiger charge is 2.20. The highest BCUT2D eigenvalue weighted by Crippen LogP contribution is 2.24. The van der Waals surface area contributed by atoms with E-state index in [1.807, 2.05) is 6.07 Å². The first-order valence-corrected chi connectivity index (χ1v) is 7.36. The Bertz CT molecular complexity index is 785. The van der Waals surface area contributed by atoms with Gasteiger partial charge in [0.25, 0.3) is 0 Å². The lowest BCUT2D eigenvalue weighted by Crippen LogP contribution is -2.13. The van der Waals surface area contributed by atoms with Gasteiger partial charge in [0.15, 0.2) is 0 Å². The number of carbonyl (C=O) groups is 2. The molecule has 0 saturated carbocycles. The first kappa shape index (κ1) is 16.8. The number of aromatic nitrogens is 1. The van der Waals surface area contributed by atoms with Gasteiger partial charge in [0.2, 0.25) is 11.7 Å². The van der Waals surface area contributed by atoms with Crippen LogP contribution in [0.4, 0.5) is 0 Å². The summed E-state index contributed by atoms with van der Waals surface area (Å²) < 4.78 is 6.75. The lowest BCUT2D eigenvalue weighted by atomic mass is 10.1. The normalized spacial score (nSPS) is 10.2. The van der Waals surface area contributed by atoms with Gasteiger partial charge in [0.1, 0.15) is 0 Å². The second-order valence-corrected chi connectivity index (χ2v) is 5.48. The molecular weight excluding hydrogens is 316 g/mol. The van der Waals surface area contributed by atoms with Crippen molar-refractivity contribution in [2.45, 2.75) is 19.8 Å². The highest BCUT2D eigenvalue weighted by atomic mass is 35.5. The Labute approximate surface area is 139 Å². The van der Waals surface area contributed by atoms with Gasteiger partial charge >= 0.3 is 5.97 Å². The Morgan fingerprint density at radius 1 is 1.30 bits per heavy atom. The van der Waals surface area contributed by atoms with Crippen LogP contribution >= 0.6 is 11.6 Å². The smallest absolute Gasteiger partial charge is 0.313 e. The van der Waals surface area contributed by atoms with Crippen LogP contribution in [0.3, 0.4) is 0 Å². The van der Waals surface area contributed by atoms with E-state index < -0.39 is 5.97 Å². The lowest BCUT2D eigenvalue weighted by Gasteiger charge is -2.08. The van der Waals surface area contributed by atoms with Crippen molar-refractivity contribution in [2.75, 3.05) is 0 Å². The highest BCUT2D eigenvalue weighted by molar-refractivity contribution is 6.30. The van der Waals surface area contributed by atoms with Crippen LogP contribution in [0, 0.1) is 18.3 Å². The van der Waals surface area contributed by atoms with Gasteiger partial charge in [0.05, 0.1) is 18.2 Å². The largest absolute Gasteiger partial charge is 0.409 e. The van der Waals surface area contributed by atoms with Gasteiger partial charge in [-0.2, -0.15) is 5.26 Å². The van der Waals surface area contributed by atoms with Crippen molar-refractivity contribution in [2.24, 2.45) is 7.05 Å².